The van der Waals surface area contributed by atoms with Gasteiger partial charge in [-0.2, -0.15) is 0 Å². The van der Waals surface area contributed by atoms with Gasteiger partial charge in [0, 0.05) is 19.3 Å². The van der Waals surface area contributed by atoms with Crippen molar-refractivity contribution in [3.05, 3.63) is 64.5 Å². The summed E-state index contributed by atoms with van der Waals surface area (Å²) in [4.78, 5) is 2.05. The van der Waals surface area contributed by atoms with Crippen LogP contribution in [0.2, 0.25) is 0 Å². The van der Waals surface area contributed by atoms with E-state index in [1.165, 1.54) is 28.3 Å². The molecule has 0 fully saturated rings. The minimum atomic E-state index is -0.229. The summed E-state index contributed by atoms with van der Waals surface area (Å²) in [5.74, 6) is -0.229. The number of anilines is 1. The van der Waals surface area contributed by atoms with Gasteiger partial charge in [-0.15, -0.1) is 0 Å². The van der Waals surface area contributed by atoms with Gasteiger partial charge in [0.2, 0.25) is 0 Å². The van der Waals surface area contributed by atoms with Crippen LogP contribution in [-0.2, 0) is 0 Å². The summed E-state index contributed by atoms with van der Waals surface area (Å²) in [6.07, 6.45) is 0. The second-order valence-electron chi connectivity index (χ2n) is 5.65. The molecule has 0 aliphatic heterocycles. The molecule has 3 heteroatoms. The normalized spacial score (nSPS) is 12.3. The topological polar surface area (TPSA) is 29.3 Å². The van der Waals surface area contributed by atoms with Crippen molar-refractivity contribution >= 4 is 5.69 Å². The standard InChI is InChI=1S/C18H23FN2/c1-12-8-13(2)18(14(3)9-12)17(11-20)21(4)16-7-5-6-15(19)10-16/h5-10,17H,11,20H2,1-4H3. The highest BCUT2D eigenvalue weighted by Crippen LogP contribution is 2.30. The molecular formula is C18H23FN2. The number of hydrogen-bond donors (Lipinski definition) is 1. The molecule has 1 atom stereocenters. The summed E-state index contributed by atoms with van der Waals surface area (Å²) in [6, 6.07) is 11.0. The van der Waals surface area contributed by atoms with Crippen molar-refractivity contribution in [3.8, 4) is 0 Å². The average molecular weight is 286 g/mol. The molecule has 2 nitrogen and oxygen atoms in total. The molecule has 0 aliphatic rings. The van der Waals surface area contributed by atoms with Crippen LogP contribution in [0.4, 0.5) is 10.1 Å². The Bertz CT molecular complexity index is 614. The second-order valence-corrected chi connectivity index (χ2v) is 5.65. The van der Waals surface area contributed by atoms with Crippen LogP contribution in [0.5, 0.6) is 0 Å². The van der Waals surface area contributed by atoms with Crippen molar-refractivity contribution in [1.29, 1.82) is 0 Å². The van der Waals surface area contributed by atoms with Crippen LogP contribution >= 0.6 is 0 Å². The number of nitrogens with two attached hydrogens (primary N) is 1. The first-order valence-electron chi connectivity index (χ1n) is 7.20. The Morgan fingerprint density at radius 1 is 1.10 bits per heavy atom. The third kappa shape index (κ3) is 3.24. The van der Waals surface area contributed by atoms with E-state index >= 15 is 0 Å². The molecule has 1 unspecified atom stereocenters. The predicted molar refractivity (Wildman–Crippen MR) is 87.3 cm³/mol. The molecule has 0 bridgehead atoms. The lowest BCUT2D eigenvalue weighted by Crippen LogP contribution is -2.31. The molecular weight excluding hydrogens is 263 g/mol. The Morgan fingerprint density at radius 2 is 1.71 bits per heavy atom. The zero-order chi connectivity index (χ0) is 15.6. The third-order valence-electron chi connectivity index (χ3n) is 3.98. The molecule has 2 N–H and O–H groups in total. The summed E-state index contributed by atoms with van der Waals surface area (Å²) >= 11 is 0. The van der Waals surface area contributed by atoms with Gasteiger partial charge >= 0.3 is 0 Å². The van der Waals surface area contributed by atoms with Gasteiger partial charge in [0.05, 0.1) is 6.04 Å². The maximum absolute atomic E-state index is 13.5. The third-order valence-corrected chi connectivity index (χ3v) is 3.98. The molecule has 2 aromatic rings. The summed E-state index contributed by atoms with van der Waals surface area (Å²) in [6.45, 7) is 6.80. The number of aryl methyl sites for hydroxylation is 3. The minimum absolute atomic E-state index is 0.0346. The minimum Gasteiger partial charge on any atom is -0.366 e. The predicted octanol–water partition coefficient (Wildman–Crippen LogP) is 3.89. The molecule has 2 aromatic carbocycles. The molecule has 0 saturated carbocycles. The second kappa shape index (κ2) is 6.27. The summed E-state index contributed by atoms with van der Waals surface area (Å²) in [7, 11) is 1.96. The van der Waals surface area contributed by atoms with Crippen molar-refractivity contribution < 1.29 is 4.39 Å². The van der Waals surface area contributed by atoms with E-state index < -0.39 is 0 Å². The van der Waals surface area contributed by atoms with Gasteiger partial charge in [-0.3, -0.25) is 0 Å². The quantitative estimate of drug-likeness (QED) is 0.924. The molecule has 0 spiro atoms. The van der Waals surface area contributed by atoms with Crippen LogP contribution in [0, 0.1) is 26.6 Å². The Kier molecular flexibility index (Phi) is 4.63. The van der Waals surface area contributed by atoms with Gasteiger partial charge in [-0.1, -0.05) is 23.8 Å². The van der Waals surface area contributed by atoms with Crippen molar-refractivity contribution in [2.24, 2.45) is 5.73 Å². The lowest BCUT2D eigenvalue weighted by atomic mass is 9.93. The molecule has 0 amide bonds. The van der Waals surface area contributed by atoms with Crippen LogP contribution in [-0.4, -0.2) is 13.6 Å². The van der Waals surface area contributed by atoms with E-state index in [1.807, 2.05) is 18.0 Å². The molecule has 21 heavy (non-hydrogen) atoms. The van der Waals surface area contributed by atoms with Crippen molar-refractivity contribution in [2.45, 2.75) is 26.8 Å². The van der Waals surface area contributed by atoms with Gasteiger partial charge in [0.15, 0.2) is 0 Å². The first kappa shape index (κ1) is 15.5. The van der Waals surface area contributed by atoms with Gasteiger partial charge in [0.25, 0.3) is 0 Å². The number of halogens is 1. The molecule has 0 radical (unpaired) electrons. The highest BCUT2D eigenvalue weighted by molar-refractivity contribution is 5.51. The number of hydrogen-bond acceptors (Lipinski definition) is 2. The summed E-state index contributed by atoms with van der Waals surface area (Å²) in [5, 5.41) is 0. The van der Waals surface area contributed by atoms with Crippen LogP contribution in [0.1, 0.15) is 28.3 Å². The highest BCUT2D eigenvalue weighted by atomic mass is 19.1. The molecule has 0 heterocycles. The Labute approximate surface area is 126 Å². The number of benzene rings is 2. The van der Waals surface area contributed by atoms with Crippen molar-refractivity contribution in [3.63, 3.8) is 0 Å². The van der Waals surface area contributed by atoms with E-state index in [-0.39, 0.29) is 11.9 Å². The number of rotatable bonds is 4. The van der Waals surface area contributed by atoms with Crippen LogP contribution in [0.15, 0.2) is 36.4 Å². The van der Waals surface area contributed by atoms with Crippen LogP contribution in [0.25, 0.3) is 0 Å². The first-order chi connectivity index (χ1) is 9.93. The molecule has 2 rings (SSSR count). The van der Waals surface area contributed by atoms with E-state index in [1.54, 1.807) is 12.1 Å². The average Bonchev–Trinajstić information content (AvgIpc) is 2.42. The van der Waals surface area contributed by atoms with E-state index in [2.05, 4.69) is 32.9 Å². The lowest BCUT2D eigenvalue weighted by Gasteiger charge is -2.32. The van der Waals surface area contributed by atoms with Gasteiger partial charge < -0.3 is 10.6 Å². The van der Waals surface area contributed by atoms with Crippen LogP contribution in [0.3, 0.4) is 0 Å². The largest absolute Gasteiger partial charge is 0.366 e. The van der Waals surface area contributed by atoms with E-state index in [0.29, 0.717) is 6.54 Å². The lowest BCUT2D eigenvalue weighted by molar-refractivity contribution is 0.622. The number of likely N-dealkylation sites (N-methyl/N-ethyl adjacent to an activating group) is 1. The molecule has 112 valence electrons. The van der Waals surface area contributed by atoms with E-state index in [0.717, 1.165) is 5.69 Å². The highest BCUT2D eigenvalue weighted by Gasteiger charge is 2.20. The molecule has 0 aliphatic carbocycles. The SMILES string of the molecule is Cc1cc(C)c(C(CN)N(C)c2cccc(F)c2)c(C)c1. The first-order valence-corrected chi connectivity index (χ1v) is 7.20. The fourth-order valence-electron chi connectivity index (χ4n) is 3.06. The Morgan fingerprint density at radius 3 is 2.24 bits per heavy atom. The fourth-order valence-corrected chi connectivity index (χ4v) is 3.06. The smallest absolute Gasteiger partial charge is 0.125 e. The Balaban J connectivity index is 2.45. The monoisotopic (exact) mass is 286 g/mol. The van der Waals surface area contributed by atoms with Crippen molar-refractivity contribution in [1.82, 2.24) is 0 Å². The zero-order valence-corrected chi connectivity index (χ0v) is 13.2. The van der Waals surface area contributed by atoms with Gasteiger partial charge in [-0.05, 0) is 55.7 Å². The fraction of sp³-hybridized carbons (Fsp3) is 0.333. The summed E-state index contributed by atoms with van der Waals surface area (Å²) in [5.41, 5.74) is 11.8. The molecule has 0 aromatic heterocycles. The van der Waals surface area contributed by atoms with Gasteiger partial charge in [0.1, 0.15) is 5.82 Å². The molecule has 0 saturated heterocycles. The number of nitrogens with zero attached hydrogens (tertiary/aromatic N) is 1. The Hall–Kier alpha value is -1.87. The maximum Gasteiger partial charge on any atom is 0.125 e. The van der Waals surface area contributed by atoms with Crippen molar-refractivity contribution in [2.75, 3.05) is 18.5 Å². The van der Waals surface area contributed by atoms with Gasteiger partial charge in [-0.25, -0.2) is 4.39 Å². The maximum atomic E-state index is 13.5. The van der Waals surface area contributed by atoms with E-state index in [9.17, 15) is 4.39 Å². The van der Waals surface area contributed by atoms with E-state index in [4.69, 9.17) is 5.73 Å². The van der Waals surface area contributed by atoms with Crippen LogP contribution < -0.4 is 10.6 Å². The summed E-state index contributed by atoms with van der Waals surface area (Å²) < 4.78 is 13.5. The zero-order valence-electron chi connectivity index (χ0n) is 13.2.